The van der Waals surface area contributed by atoms with Gasteiger partial charge in [0.25, 0.3) is 26.0 Å². The number of nitrogen functional groups attached to an aromatic ring is 2. The van der Waals surface area contributed by atoms with Gasteiger partial charge in [-0.25, -0.2) is 33.0 Å². The van der Waals surface area contributed by atoms with Crippen LogP contribution in [0.25, 0.3) is 43.1 Å². The monoisotopic (exact) mass is 1500 g/mol. The maximum atomic E-state index is 13.0. The van der Waals surface area contributed by atoms with E-state index in [1.54, 1.807) is 152 Å². The number of hydrogen-bond donors (Lipinski definition) is 6. The van der Waals surface area contributed by atoms with E-state index in [9.17, 15) is 18.0 Å². The van der Waals surface area contributed by atoms with Gasteiger partial charge >= 0.3 is 0 Å². The van der Waals surface area contributed by atoms with Crippen LogP contribution >= 0.6 is 0 Å². The molecule has 0 saturated heterocycles. The van der Waals surface area contributed by atoms with Crippen LogP contribution in [0.15, 0.2) is 290 Å². The van der Waals surface area contributed by atoms with E-state index < -0.39 is 10.0 Å². The summed E-state index contributed by atoms with van der Waals surface area (Å²) < 4.78 is 41.4. The summed E-state index contributed by atoms with van der Waals surface area (Å²) in [6.07, 6.45) is 0. The van der Waals surface area contributed by atoms with Crippen LogP contribution in [-0.2, 0) is 26.4 Å². The smallest absolute Gasteiger partial charge is 0.259 e. The molecule has 12 aromatic rings. The van der Waals surface area contributed by atoms with Crippen molar-refractivity contribution in [2.24, 2.45) is 10.9 Å². The van der Waals surface area contributed by atoms with Gasteiger partial charge < -0.3 is 36.3 Å². The number of amidine groups is 1. The van der Waals surface area contributed by atoms with E-state index in [4.69, 9.17) is 54.3 Å². The Morgan fingerprint density at radius 1 is 0.455 bits per heavy atom. The van der Waals surface area contributed by atoms with Crippen LogP contribution < -0.4 is 41.5 Å². The number of nitrogens with zero attached hydrogens (tertiary/aromatic N) is 2. The van der Waals surface area contributed by atoms with E-state index in [0.29, 0.717) is 91.7 Å². The molecule has 12 aromatic carbocycles. The molecule has 0 spiro atoms. The van der Waals surface area contributed by atoms with Crippen molar-refractivity contribution in [3.8, 4) is 67.9 Å². The summed E-state index contributed by atoms with van der Waals surface area (Å²) in [6.45, 7) is 32.7. The second kappa shape index (κ2) is 46.6. The van der Waals surface area contributed by atoms with Gasteiger partial charge in [-0.2, -0.15) is 0 Å². The number of nitrogens with two attached hydrogens (primary N) is 3. The third-order valence-corrected chi connectivity index (χ3v) is 16.2. The molecule has 0 radical (unpaired) electrons. The predicted octanol–water partition coefficient (Wildman–Crippen LogP) is 23.7. The Hall–Kier alpha value is -12.4. The van der Waals surface area contributed by atoms with Crippen molar-refractivity contribution in [1.29, 1.82) is 5.41 Å². The molecule has 19 heteroatoms. The van der Waals surface area contributed by atoms with Crippen molar-refractivity contribution in [2.45, 2.75) is 91.2 Å². The molecule has 564 valence electrons. The van der Waals surface area contributed by atoms with E-state index in [1.807, 2.05) is 127 Å². The highest BCUT2D eigenvalue weighted by Crippen LogP contribution is 2.34. The van der Waals surface area contributed by atoms with Crippen molar-refractivity contribution in [3.05, 3.63) is 347 Å². The molecule has 0 aliphatic rings. The topological polar surface area (TPSA) is 249 Å². The first-order valence-corrected chi connectivity index (χ1v) is 40.9. The summed E-state index contributed by atoms with van der Waals surface area (Å²) >= 11 is -0.139. The highest BCUT2D eigenvalue weighted by molar-refractivity contribution is 7.89. The van der Waals surface area contributed by atoms with Gasteiger partial charge in [-0.05, 0) is 174 Å². The van der Waals surface area contributed by atoms with Gasteiger partial charge in [-0.1, -0.05) is 217 Å². The first kappa shape index (κ1) is 88.2. The molecule has 12 rings (SSSR count). The van der Waals surface area contributed by atoms with Crippen LogP contribution in [0.3, 0.4) is 0 Å². The van der Waals surface area contributed by atoms with Crippen LogP contribution in [0.1, 0.15) is 90.1 Å². The third-order valence-electron chi connectivity index (χ3n) is 15.3. The van der Waals surface area contributed by atoms with Gasteiger partial charge in [0.1, 0.15) is 46.9 Å². The zero-order chi connectivity index (χ0) is 80.5. The number of nitrogens with one attached hydrogen (secondary N) is 3. The molecule has 0 aromatic heterocycles. The highest BCUT2D eigenvalue weighted by atomic mass is 32.2. The van der Waals surface area contributed by atoms with Gasteiger partial charge in [0.15, 0.2) is 11.4 Å². The van der Waals surface area contributed by atoms with E-state index in [-0.39, 0.29) is 36.7 Å². The second-order valence-corrected chi connectivity index (χ2v) is 29.0. The quantitative estimate of drug-likeness (QED) is 0.00896. The molecule has 0 fully saturated rings. The zero-order valence-electron chi connectivity index (χ0n) is 64.6. The van der Waals surface area contributed by atoms with Crippen molar-refractivity contribution in [2.75, 3.05) is 23.5 Å². The number of sulfonamides is 1. The van der Waals surface area contributed by atoms with Crippen molar-refractivity contribution in [1.82, 2.24) is 0 Å². The minimum atomic E-state index is -3.89. The summed E-state index contributed by atoms with van der Waals surface area (Å²) in [6, 6.07) is 85.7. The van der Waals surface area contributed by atoms with Gasteiger partial charge in [-0.3, -0.25) is 15.0 Å². The number of ether oxygens (including phenoxy) is 3. The maximum Gasteiger partial charge on any atom is 0.259 e. The van der Waals surface area contributed by atoms with Crippen LogP contribution in [-0.4, -0.2) is 47.3 Å². The summed E-state index contributed by atoms with van der Waals surface area (Å²) in [4.78, 5) is 42.2. The van der Waals surface area contributed by atoms with Crippen LogP contribution in [0.4, 0.5) is 28.4 Å². The zero-order valence-corrected chi connectivity index (χ0v) is 66.6. The third kappa shape index (κ3) is 28.1. The number of carbonyl (C=O) groups is 2. The summed E-state index contributed by atoms with van der Waals surface area (Å²) in [7, 11) is -2.43. The first-order valence-electron chi connectivity index (χ1n) is 35.9. The molecule has 0 saturated carbocycles. The number of anilines is 3. The number of rotatable bonds is 18. The molecule has 0 unspecified atom stereocenters. The van der Waals surface area contributed by atoms with E-state index in [2.05, 4.69) is 105 Å². The molecule has 0 bridgehead atoms. The van der Waals surface area contributed by atoms with E-state index >= 15 is 0 Å². The lowest BCUT2D eigenvalue weighted by Crippen LogP contribution is -2.14. The Morgan fingerprint density at radius 3 is 1.28 bits per heavy atom. The van der Waals surface area contributed by atoms with Gasteiger partial charge in [0, 0.05) is 33.8 Å². The number of amides is 2. The number of primary sulfonamides is 1. The molecule has 0 atom stereocenters. The van der Waals surface area contributed by atoms with Gasteiger partial charge in [-0.15, -0.1) is 17.4 Å². The van der Waals surface area contributed by atoms with E-state index in [0.717, 1.165) is 22.4 Å². The fourth-order valence-corrected chi connectivity index (χ4v) is 10.9. The Labute approximate surface area is 653 Å². The predicted molar refractivity (Wildman–Crippen MR) is 453 cm³/mol. The van der Waals surface area contributed by atoms with Crippen LogP contribution in [0, 0.1) is 39.3 Å². The Balaban J connectivity index is 0.000000262. The lowest BCUT2D eigenvalue weighted by molar-refractivity contribution is -0.282. The minimum absolute atomic E-state index is 0.0247. The number of hydrogen-bond acceptors (Lipinski definition) is 11. The van der Waals surface area contributed by atoms with Gasteiger partial charge in [0.05, 0.1) is 36.3 Å². The normalized spacial score (nSPS) is 9.89. The average molecular weight is 1510 g/mol. The van der Waals surface area contributed by atoms with Gasteiger partial charge in [0.2, 0.25) is 10.0 Å². The number of benzene rings is 12. The fraction of sp³-hybridized carbons (Fsp3) is 0.154. The van der Waals surface area contributed by atoms with E-state index in [1.165, 1.54) is 41.0 Å². The lowest BCUT2D eigenvalue weighted by atomic mass is 9.99. The molecule has 17 nitrogen and oxygen atoms in total. The Kier molecular flexibility index (Phi) is 37.4. The molecule has 0 aliphatic carbocycles. The minimum Gasteiger partial charge on any atom is -0.458 e. The first-order chi connectivity index (χ1) is 53.1. The molecular formula is C91H97AlN8O9S. The van der Waals surface area contributed by atoms with Crippen molar-refractivity contribution < 1.29 is 42.0 Å². The second-order valence-electron chi connectivity index (χ2n) is 24.0. The molecule has 0 heterocycles. The lowest BCUT2D eigenvalue weighted by Gasteiger charge is -2.13. The Bertz CT molecular complexity index is 5140. The molecular weight excluding hydrogens is 1410 g/mol. The number of para-hydroxylation sites is 3. The summed E-state index contributed by atoms with van der Waals surface area (Å²) in [5, 5.41) is 18.7. The summed E-state index contributed by atoms with van der Waals surface area (Å²) in [5.74, 6) is 9.20. The standard InChI is InChI=1S/C27H20N2O2.C26H22N4O4S.C15H13NO3.C14H15N.3C2H6.3CH3.Al/c1-19-8-3-4-11-24(19)20-14-16-21(17-15-20)29-27(30)25-12-5-6-13-26(25)31-23-10-7-9-22(18-23)28-2;27-25(28)18-6-5-7-20(16-18)34-23-10-3-1-9-22(23)26(31)30-19-14-12-17(13-15-19)21-8-2-4-11-24(21)35(29,32)33;1-16-13-7-5-8-14(10-13)19-15-9-4-3-6-12(15)11-18-17-2;1-10-5-3-4-6-13(10)12-7-8-14(15)11(2)9-12;3*1-2;;;;/h3-18H,1H3,(H,29,30);1-16H,(H3,27,28)(H,30,31)(H2,29,32,33);3-10H,11H2,2H3;3-9H,15H2,1-2H3;3*1-2H3;3*1H3;. The Morgan fingerprint density at radius 2 is 0.836 bits per heavy atom. The van der Waals surface area contributed by atoms with Crippen LogP contribution in [0.5, 0.6) is 34.5 Å². The molecule has 0 aliphatic heterocycles. The molecule has 110 heavy (non-hydrogen) atoms. The highest BCUT2D eigenvalue weighted by Gasteiger charge is 2.18. The largest absolute Gasteiger partial charge is 0.458 e. The van der Waals surface area contributed by atoms with Crippen molar-refractivity contribution >= 4 is 70.3 Å². The molecule has 2 amide bonds. The summed E-state index contributed by atoms with van der Waals surface area (Å²) in [5.41, 5.74) is 26.1. The number of aryl methyl sites for hydroxylation is 3. The van der Waals surface area contributed by atoms with Crippen molar-refractivity contribution in [3.63, 3.8) is 0 Å². The fourth-order valence-electron chi connectivity index (χ4n) is 10.1. The SMILES string of the molecule is CC.CC.CC.Cc1cc(-c2ccccc2C)ccc1N.N=C(N)c1cccc(Oc2ccccc2C(=O)Nc2ccc(-c3ccccc3S(N)(=O)=O)cc2)c1.[C-]#[N+]c1cccc(Oc2ccccc2C(=O)Nc2ccc(-c3ccccc3C)cc2)c1.[C-]#[N+]c1cccc(Oc2ccccc2COOC)c1.[CH3][Al]([CH3])[CH3]. The molecule has 9 N–H and O–H groups in total. The number of carbonyl (C=O) groups excluding carboxylic acids is 2. The van der Waals surface area contributed by atoms with Crippen LogP contribution in [0.2, 0.25) is 17.4 Å². The average Bonchev–Trinajstić information content (AvgIpc) is 0.812. The maximum absolute atomic E-state index is 13.0.